The fraction of sp³-hybridized carbons (Fsp3) is 0. The first-order valence-corrected chi connectivity index (χ1v) is 9.30. The quantitative estimate of drug-likeness (QED) is 0.253. The van der Waals surface area contributed by atoms with Crippen molar-refractivity contribution in [3.8, 4) is 0 Å². The van der Waals surface area contributed by atoms with E-state index < -0.39 is 0 Å². The SMILES string of the molecule is Cl.N=C(Nc1cccc2ccccc12)C1=Cc2ccccc2Nc2ccccc21. The number of fused-ring (bicyclic) bond motifs is 3. The van der Waals surface area contributed by atoms with Gasteiger partial charge < -0.3 is 10.6 Å². The minimum Gasteiger partial charge on any atom is -0.355 e. The van der Waals surface area contributed by atoms with Crippen LogP contribution in [-0.2, 0) is 0 Å². The summed E-state index contributed by atoms with van der Waals surface area (Å²) in [5.74, 6) is 0.377. The van der Waals surface area contributed by atoms with Crippen LogP contribution in [0.25, 0.3) is 22.4 Å². The number of hydrogen-bond donors (Lipinski definition) is 3. The molecule has 1 aliphatic heterocycles. The lowest BCUT2D eigenvalue weighted by Crippen LogP contribution is -2.13. The van der Waals surface area contributed by atoms with Gasteiger partial charge in [0, 0.05) is 33.6 Å². The Morgan fingerprint density at radius 2 is 1.41 bits per heavy atom. The van der Waals surface area contributed by atoms with Crippen molar-refractivity contribution in [2.45, 2.75) is 0 Å². The van der Waals surface area contributed by atoms with E-state index in [1.165, 1.54) is 0 Å². The fourth-order valence-electron chi connectivity index (χ4n) is 3.69. The molecule has 4 aromatic carbocycles. The zero-order valence-corrected chi connectivity index (χ0v) is 16.5. The summed E-state index contributed by atoms with van der Waals surface area (Å²) in [6, 6.07) is 30.7. The van der Waals surface area contributed by atoms with Crippen molar-refractivity contribution in [3.63, 3.8) is 0 Å². The summed E-state index contributed by atoms with van der Waals surface area (Å²) in [5.41, 5.74) is 5.92. The largest absolute Gasteiger partial charge is 0.355 e. The summed E-state index contributed by atoms with van der Waals surface area (Å²) < 4.78 is 0. The molecule has 0 spiro atoms. The molecular formula is C25H20ClN3. The lowest BCUT2D eigenvalue weighted by molar-refractivity contribution is 1.48. The molecule has 29 heavy (non-hydrogen) atoms. The van der Waals surface area contributed by atoms with Crippen LogP contribution in [0.4, 0.5) is 17.1 Å². The van der Waals surface area contributed by atoms with Crippen molar-refractivity contribution >= 4 is 57.7 Å². The van der Waals surface area contributed by atoms with Gasteiger partial charge in [-0.05, 0) is 35.2 Å². The normalized spacial score (nSPS) is 11.8. The van der Waals surface area contributed by atoms with E-state index in [9.17, 15) is 0 Å². The number of halogens is 1. The summed E-state index contributed by atoms with van der Waals surface area (Å²) in [6.45, 7) is 0. The molecule has 4 aromatic rings. The number of hydrogen-bond acceptors (Lipinski definition) is 2. The number of benzene rings is 4. The minimum atomic E-state index is 0. The Morgan fingerprint density at radius 1 is 0.724 bits per heavy atom. The van der Waals surface area contributed by atoms with Crippen LogP contribution in [0, 0.1) is 5.41 Å². The van der Waals surface area contributed by atoms with Crippen molar-refractivity contribution < 1.29 is 0 Å². The monoisotopic (exact) mass is 397 g/mol. The molecule has 0 unspecified atom stereocenters. The van der Waals surface area contributed by atoms with Crippen LogP contribution >= 0.6 is 12.4 Å². The van der Waals surface area contributed by atoms with Crippen molar-refractivity contribution in [3.05, 3.63) is 102 Å². The van der Waals surface area contributed by atoms with Gasteiger partial charge in [0.05, 0.1) is 0 Å². The third kappa shape index (κ3) is 3.48. The highest BCUT2D eigenvalue weighted by Gasteiger charge is 2.18. The summed E-state index contributed by atoms with van der Waals surface area (Å²) in [5, 5.41) is 18.0. The van der Waals surface area contributed by atoms with E-state index in [2.05, 4.69) is 59.2 Å². The molecule has 3 N–H and O–H groups in total. The van der Waals surface area contributed by atoms with E-state index in [0.29, 0.717) is 5.84 Å². The maximum absolute atomic E-state index is 8.86. The van der Waals surface area contributed by atoms with E-state index in [1.54, 1.807) is 0 Å². The topological polar surface area (TPSA) is 47.9 Å². The molecule has 0 fully saturated rings. The lowest BCUT2D eigenvalue weighted by Gasteiger charge is -2.15. The van der Waals surface area contributed by atoms with Gasteiger partial charge in [-0.3, -0.25) is 5.41 Å². The number of nitrogens with one attached hydrogen (secondary N) is 3. The van der Waals surface area contributed by atoms with Crippen molar-refractivity contribution in [1.82, 2.24) is 0 Å². The Hall–Kier alpha value is -3.56. The van der Waals surface area contributed by atoms with Gasteiger partial charge in [0.25, 0.3) is 0 Å². The predicted octanol–water partition coefficient (Wildman–Crippen LogP) is 6.95. The Balaban J connectivity index is 0.00000205. The first kappa shape index (κ1) is 18.8. The van der Waals surface area contributed by atoms with E-state index in [4.69, 9.17) is 5.41 Å². The second-order valence-corrected chi connectivity index (χ2v) is 6.84. The van der Waals surface area contributed by atoms with Gasteiger partial charge >= 0.3 is 0 Å². The number of anilines is 3. The maximum atomic E-state index is 8.86. The summed E-state index contributed by atoms with van der Waals surface area (Å²) in [4.78, 5) is 0. The van der Waals surface area contributed by atoms with Crippen LogP contribution in [0.3, 0.4) is 0 Å². The molecule has 0 atom stereocenters. The minimum absolute atomic E-state index is 0. The molecule has 0 bridgehead atoms. The number of para-hydroxylation sites is 2. The van der Waals surface area contributed by atoms with E-state index in [-0.39, 0.29) is 12.4 Å². The van der Waals surface area contributed by atoms with Gasteiger partial charge in [0.1, 0.15) is 5.84 Å². The third-order valence-corrected chi connectivity index (χ3v) is 5.07. The highest BCUT2D eigenvalue weighted by Crippen LogP contribution is 2.35. The van der Waals surface area contributed by atoms with Crippen LogP contribution in [0.15, 0.2) is 91.0 Å². The van der Waals surface area contributed by atoms with E-state index >= 15 is 0 Å². The molecule has 142 valence electrons. The molecule has 0 saturated carbocycles. The predicted molar refractivity (Wildman–Crippen MR) is 127 cm³/mol. The maximum Gasteiger partial charge on any atom is 0.130 e. The Kier molecular flexibility index (Phi) is 5.07. The summed E-state index contributed by atoms with van der Waals surface area (Å²) in [7, 11) is 0. The van der Waals surface area contributed by atoms with Crippen LogP contribution in [0.2, 0.25) is 0 Å². The van der Waals surface area contributed by atoms with Gasteiger partial charge in [-0.25, -0.2) is 0 Å². The van der Waals surface area contributed by atoms with Crippen molar-refractivity contribution in [1.29, 1.82) is 5.41 Å². The second kappa shape index (κ2) is 7.82. The molecule has 1 heterocycles. The molecule has 4 heteroatoms. The van der Waals surface area contributed by atoms with Crippen LogP contribution in [-0.4, -0.2) is 5.84 Å². The first-order valence-electron chi connectivity index (χ1n) is 9.30. The average molecular weight is 398 g/mol. The van der Waals surface area contributed by atoms with Crippen LogP contribution in [0.1, 0.15) is 11.1 Å². The van der Waals surface area contributed by atoms with Crippen molar-refractivity contribution in [2.75, 3.05) is 10.6 Å². The second-order valence-electron chi connectivity index (χ2n) is 6.84. The summed E-state index contributed by atoms with van der Waals surface area (Å²) in [6.07, 6.45) is 2.08. The fourth-order valence-corrected chi connectivity index (χ4v) is 3.69. The third-order valence-electron chi connectivity index (χ3n) is 5.07. The van der Waals surface area contributed by atoms with E-state index in [0.717, 1.165) is 44.5 Å². The Bertz CT molecular complexity index is 1240. The zero-order chi connectivity index (χ0) is 18.9. The van der Waals surface area contributed by atoms with Crippen molar-refractivity contribution in [2.24, 2.45) is 0 Å². The standard InChI is InChI=1S/C25H19N3.ClH/c26-25(28-23-15-7-10-17-8-1-3-11-19(17)23)21-16-18-9-2-5-13-22(18)27-24-14-6-4-12-20(21)24;/h1-16,27H,(H2,26,28);1H. The average Bonchev–Trinajstić information content (AvgIpc) is 2.91. The molecule has 0 amide bonds. The highest BCUT2D eigenvalue weighted by molar-refractivity contribution is 6.33. The lowest BCUT2D eigenvalue weighted by atomic mass is 10.0. The molecule has 0 aromatic heterocycles. The Labute approximate surface area is 176 Å². The van der Waals surface area contributed by atoms with Gasteiger partial charge in [0.15, 0.2) is 0 Å². The Morgan fingerprint density at radius 3 is 2.31 bits per heavy atom. The number of amidine groups is 1. The molecule has 1 aliphatic rings. The molecule has 3 nitrogen and oxygen atoms in total. The van der Waals surface area contributed by atoms with Crippen LogP contribution in [0.5, 0.6) is 0 Å². The van der Waals surface area contributed by atoms with Gasteiger partial charge in [-0.2, -0.15) is 0 Å². The molecule has 5 rings (SSSR count). The molecular weight excluding hydrogens is 378 g/mol. The number of rotatable bonds is 2. The smallest absolute Gasteiger partial charge is 0.130 e. The highest BCUT2D eigenvalue weighted by atomic mass is 35.5. The summed E-state index contributed by atoms with van der Waals surface area (Å²) >= 11 is 0. The molecule has 0 radical (unpaired) electrons. The zero-order valence-electron chi connectivity index (χ0n) is 15.6. The van der Waals surface area contributed by atoms with Gasteiger partial charge in [-0.1, -0.05) is 72.8 Å². The van der Waals surface area contributed by atoms with Gasteiger partial charge in [-0.15, -0.1) is 12.4 Å². The van der Waals surface area contributed by atoms with E-state index in [1.807, 2.05) is 48.5 Å². The first-order chi connectivity index (χ1) is 13.8. The molecule has 0 saturated heterocycles. The van der Waals surface area contributed by atoms with Crippen LogP contribution < -0.4 is 10.6 Å². The van der Waals surface area contributed by atoms with Gasteiger partial charge in [0.2, 0.25) is 0 Å². The molecule has 0 aliphatic carbocycles.